The fraction of sp³-hybridized carbons (Fsp3) is 0.889. The number of rotatable bonds is 4. The van der Waals surface area contributed by atoms with E-state index in [0.29, 0.717) is 23.8 Å². The topological polar surface area (TPSA) is 88.5 Å². The maximum atomic E-state index is 12.8. The molecule has 1 N–H and O–H groups in total. The van der Waals surface area contributed by atoms with Crippen LogP contribution in [0.3, 0.4) is 0 Å². The van der Waals surface area contributed by atoms with E-state index in [1.165, 1.54) is 0 Å². The van der Waals surface area contributed by atoms with Gasteiger partial charge in [-0.1, -0.05) is 0 Å². The van der Waals surface area contributed by atoms with Gasteiger partial charge in [0, 0.05) is 39.2 Å². The minimum Gasteiger partial charge on any atom is -0.475 e. The van der Waals surface area contributed by atoms with Gasteiger partial charge in [-0.15, -0.1) is 0 Å². The minimum atomic E-state index is -5.08. The fourth-order valence-corrected chi connectivity index (χ4v) is 4.45. The van der Waals surface area contributed by atoms with E-state index >= 15 is 0 Å². The molecule has 0 bridgehead atoms. The van der Waals surface area contributed by atoms with Gasteiger partial charge >= 0.3 is 12.1 Å². The van der Waals surface area contributed by atoms with Gasteiger partial charge in [0.05, 0.1) is 38.6 Å². The summed E-state index contributed by atoms with van der Waals surface area (Å²) in [6, 6.07) is 0.330. The second-order valence-corrected chi connectivity index (χ2v) is 7.77. The Kier molecular flexibility index (Phi) is 7.02. The first kappa shape index (κ1) is 22.3. The molecule has 3 aliphatic heterocycles. The number of piperidine rings is 1. The molecule has 5 atom stereocenters. The molecular formula is C18H27F3N2O6. The smallest absolute Gasteiger partial charge is 0.475 e. The second-order valence-electron chi connectivity index (χ2n) is 7.77. The molecule has 4 aliphatic rings. The molecule has 29 heavy (non-hydrogen) atoms. The van der Waals surface area contributed by atoms with Crippen molar-refractivity contribution in [1.29, 1.82) is 0 Å². The number of nitrogens with zero attached hydrogens (tertiary/aromatic N) is 2. The summed E-state index contributed by atoms with van der Waals surface area (Å²) >= 11 is 0. The minimum absolute atomic E-state index is 0.238. The van der Waals surface area contributed by atoms with Crippen LogP contribution in [-0.4, -0.2) is 105 Å². The summed E-state index contributed by atoms with van der Waals surface area (Å²) < 4.78 is 48.3. The number of halogens is 3. The highest BCUT2D eigenvalue weighted by molar-refractivity contribution is 5.82. The molecule has 8 nitrogen and oxygen atoms in total. The third-order valence-corrected chi connectivity index (χ3v) is 6.07. The number of carboxylic acids is 1. The molecule has 1 amide bonds. The first-order chi connectivity index (χ1) is 13.7. The van der Waals surface area contributed by atoms with Crippen LogP contribution in [-0.2, 0) is 23.8 Å². The lowest BCUT2D eigenvalue weighted by Crippen LogP contribution is -2.61. The molecule has 0 radical (unpaired) electrons. The molecule has 0 aromatic heterocycles. The van der Waals surface area contributed by atoms with Gasteiger partial charge in [-0.25, -0.2) is 4.79 Å². The van der Waals surface area contributed by atoms with E-state index in [0.717, 1.165) is 59.0 Å². The molecule has 0 spiro atoms. The third-order valence-electron chi connectivity index (χ3n) is 6.07. The Labute approximate surface area is 166 Å². The number of methoxy groups -OCH3 is 1. The van der Waals surface area contributed by atoms with E-state index in [9.17, 15) is 18.0 Å². The summed E-state index contributed by atoms with van der Waals surface area (Å²) in [5, 5.41) is 7.12. The number of ether oxygens (including phenoxy) is 3. The van der Waals surface area contributed by atoms with Crippen LogP contribution < -0.4 is 0 Å². The van der Waals surface area contributed by atoms with Gasteiger partial charge in [-0.2, -0.15) is 13.2 Å². The first-order valence-corrected chi connectivity index (χ1v) is 9.75. The molecule has 3 heterocycles. The highest BCUT2D eigenvalue weighted by Crippen LogP contribution is 2.51. The SMILES string of the molecule is COCCN1CCO[C@H]2CCN(C(=O)C3[C@H]4COC[C@@H]34)C[C@@H]21.O=C(O)C(F)(F)F. The molecule has 1 saturated carbocycles. The average molecular weight is 424 g/mol. The van der Waals surface area contributed by atoms with Crippen molar-refractivity contribution in [1.82, 2.24) is 9.80 Å². The van der Waals surface area contributed by atoms with E-state index < -0.39 is 12.1 Å². The zero-order valence-corrected chi connectivity index (χ0v) is 16.3. The summed E-state index contributed by atoms with van der Waals surface area (Å²) in [4.78, 5) is 26.2. The Balaban J connectivity index is 0.000000298. The Hall–Kier alpha value is -1.43. The zero-order valence-electron chi connectivity index (χ0n) is 16.3. The predicted molar refractivity (Wildman–Crippen MR) is 93.2 cm³/mol. The number of aliphatic carboxylic acids is 1. The first-order valence-electron chi connectivity index (χ1n) is 9.75. The lowest BCUT2D eigenvalue weighted by Gasteiger charge is -2.47. The third kappa shape index (κ3) is 5.19. The largest absolute Gasteiger partial charge is 0.490 e. The van der Waals surface area contributed by atoms with Crippen molar-refractivity contribution < 1.29 is 42.1 Å². The number of amides is 1. The van der Waals surface area contributed by atoms with Gasteiger partial charge in [0.25, 0.3) is 0 Å². The summed E-state index contributed by atoms with van der Waals surface area (Å²) in [5.41, 5.74) is 0. The Morgan fingerprint density at radius 3 is 2.45 bits per heavy atom. The monoisotopic (exact) mass is 424 g/mol. The molecule has 1 aliphatic carbocycles. The number of hydrogen-bond donors (Lipinski definition) is 1. The van der Waals surface area contributed by atoms with Crippen LogP contribution in [0.5, 0.6) is 0 Å². The maximum Gasteiger partial charge on any atom is 0.490 e. The Bertz CT molecular complexity index is 595. The van der Waals surface area contributed by atoms with E-state index in [-0.39, 0.29) is 12.0 Å². The lowest BCUT2D eigenvalue weighted by atomic mass is 9.98. The summed E-state index contributed by atoms with van der Waals surface area (Å²) in [6.07, 6.45) is -3.85. The maximum absolute atomic E-state index is 12.8. The van der Waals surface area contributed by atoms with Crippen LogP contribution in [0.4, 0.5) is 13.2 Å². The highest BCUT2D eigenvalue weighted by Gasteiger charge is 2.59. The number of hydrogen-bond acceptors (Lipinski definition) is 6. The van der Waals surface area contributed by atoms with Crippen molar-refractivity contribution in [3.05, 3.63) is 0 Å². The number of morpholine rings is 1. The van der Waals surface area contributed by atoms with Crippen molar-refractivity contribution >= 4 is 11.9 Å². The van der Waals surface area contributed by atoms with Gasteiger partial charge in [-0.3, -0.25) is 9.69 Å². The number of carboxylic acid groups (broad SMARTS) is 1. The van der Waals surface area contributed by atoms with Crippen LogP contribution in [0.1, 0.15) is 6.42 Å². The Morgan fingerprint density at radius 2 is 1.86 bits per heavy atom. The predicted octanol–water partition coefficient (Wildman–Crippen LogP) is 0.460. The van der Waals surface area contributed by atoms with Crippen molar-refractivity contribution in [2.45, 2.75) is 24.7 Å². The molecule has 0 aromatic rings. The number of fused-ring (bicyclic) bond motifs is 2. The standard InChI is InChI=1S/C16H26N2O4.C2HF3O2/c1-20-6-4-17-5-7-22-14-2-3-18(8-13(14)17)16(19)15-11-9-21-10-12(11)15;3-2(4,5)1(6)7/h11-15H,2-10H2,1H3;(H,6,7)/t11-,12+,13-,14-,15?;/m0./s1. The van der Waals surface area contributed by atoms with Gasteiger partial charge in [0.1, 0.15) is 0 Å². The lowest BCUT2D eigenvalue weighted by molar-refractivity contribution is -0.192. The van der Waals surface area contributed by atoms with Crippen LogP contribution >= 0.6 is 0 Å². The quantitative estimate of drug-likeness (QED) is 0.702. The molecule has 3 saturated heterocycles. The molecule has 166 valence electrons. The van der Waals surface area contributed by atoms with Gasteiger partial charge in [0.15, 0.2) is 0 Å². The van der Waals surface area contributed by atoms with Gasteiger partial charge in [-0.05, 0) is 18.3 Å². The molecule has 4 rings (SSSR count). The molecule has 0 aromatic carbocycles. The highest BCUT2D eigenvalue weighted by atomic mass is 19.4. The van der Waals surface area contributed by atoms with Crippen molar-refractivity contribution in [2.75, 3.05) is 59.7 Å². The van der Waals surface area contributed by atoms with E-state index in [2.05, 4.69) is 9.80 Å². The van der Waals surface area contributed by atoms with Crippen molar-refractivity contribution in [3.63, 3.8) is 0 Å². The van der Waals surface area contributed by atoms with E-state index in [1.807, 2.05) is 0 Å². The Morgan fingerprint density at radius 1 is 1.21 bits per heavy atom. The van der Waals surface area contributed by atoms with Crippen LogP contribution in [0.15, 0.2) is 0 Å². The number of alkyl halides is 3. The summed E-state index contributed by atoms with van der Waals surface area (Å²) in [7, 11) is 1.74. The fourth-order valence-electron chi connectivity index (χ4n) is 4.45. The second kappa shape index (κ2) is 9.15. The summed E-state index contributed by atoms with van der Waals surface area (Å²) in [6.45, 7) is 6.61. The van der Waals surface area contributed by atoms with Crippen LogP contribution in [0.2, 0.25) is 0 Å². The van der Waals surface area contributed by atoms with Crippen LogP contribution in [0, 0.1) is 17.8 Å². The van der Waals surface area contributed by atoms with E-state index in [4.69, 9.17) is 24.1 Å². The van der Waals surface area contributed by atoms with E-state index in [1.54, 1.807) is 7.11 Å². The number of carbonyl (C=O) groups is 2. The summed E-state index contributed by atoms with van der Waals surface area (Å²) in [5.74, 6) is -1.17. The van der Waals surface area contributed by atoms with Crippen molar-refractivity contribution in [2.24, 2.45) is 17.8 Å². The molecular weight excluding hydrogens is 397 g/mol. The average Bonchev–Trinajstić information content (AvgIpc) is 3.16. The molecule has 4 fully saturated rings. The molecule has 1 unspecified atom stereocenters. The zero-order chi connectivity index (χ0) is 21.2. The van der Waals surface area contributed by atoms with Gasteiger partial charge < -0.3 is 24.2 Å². The number of carbonyl (C=O) groups excluding carboxylic acids is 1. The van der Waals surface area contributed by atoms with Gasteiger partial charge in [0.2, 0.25) is 5.91 Å². The van der Waals surface area contributed by atoms with Crippen LogP contribution in [0.25, 0.3) is 0 Å². The van der Waals surface area contributed by atoms with Crippen molar-refractivity contribution in [3.8, 4) is 0 Å². The number of likely N-dealkylation sites (tertiary alicyclic amines) is 1. The molecule has 11 heteroatoms. The normalized spacial score (nSPS) is 33.9.